The number of rotatable bonds is 6. The Morgan fingerprint density at radius 3 is 2.69 bits per heavy atom. The van der Waals surface area contributed by atoms with E-state index >= 15 is 0 Å². The van der Waals surface area contributed by atoms with Crippen molar-refractivity contribution in [2.75, 3.05) is 5.88 Å². The van der Waals surface area contributed by atoms with Gasteiger partial charge in [0, 0.05) is 30.5 Å². The van der Waals surface area contributed by atoms with Crippen molar-refractivity contribution >= 4 is 17.4 Å². The number of alkyl halides is 1. The highest BCUT2D eigenvalue weighted by Gasteiger charge is 2.15. The van der Waals surface area contributed by atoms with Gasteiger partial charge in [-0.1, -0.05) is 0 Å². The molecule has 3 nitrogen and oxygen atoms in total. The monoisotopic (exact) mass is 242 g/mol. The molecule has 1 unspecified atom stereocenters. The van der Waals surface area contributed by atoms with Gasteiger partial charge in [0.1, 0.15) is 5.78 Å². The molecule has 0 radical (unpaired) electrons. The van der Waals surface area contributed by atoms with Crippen molar-refractivity contribution < 1.29 is 4.79 Å². The van der Waals surface area contributed by atoms with Crippen LogP contribution in [0.5, 0.6) is 0 Å². The first-order valence-electron chi connectivity index (χ1n) is 5.65. The van der Waals surface area contributed by atoms with Gasteiger partial charge in [-0.15, -0.1) is 11.6 Å². The summed E-state index contributed by atoms with van der Waals surface area (Å²) in [5, 5.41) is 4.44. The molecule has 0 saturated carbocycles. The third kappa shape index (κ3) is 3.63. The minimum atomic E-state index is 0.00742. The zero-order chi connectivity index (χ0) is 12.1. The van der Waals surface area contributed by atoms with Gasteiger partial charge in [-0.3, -0.25) is 9.48 Å². The van der Waals surface area contributed by atoms with Gasteiger partial charge in [0.15, 0.2) is 0 Å². The largest absolute Gasteiger partial charge is 0.300 e. The van der Waals surface area contributed by atoms with Crippen LogP contribution in [0, 0.1) is 5.92 Å². The molecule has 0 bridgehead atoms. The van der Waals surface area contributed by atoms with Gasteiger partial charge in [-0.25, -0.2) is 0 Å². The Morgan fingerprint density at radius 2 is 2.25 bits per heavy atom. The predicted octanol–water partition coefficient (Wildman–Crippen LogP) is 2.84. The lowest BCUT2D eigenvalue weighted by Gasteiger charge is -2.10. The number of carbonyl (C=O) groups is 1. The van der Waals surface area contributed by atoms with E-state index in [1.807, 2.05) is 16.9 Å². The van der Waals surface area contributed by atoms with Crippen LogP contribution in [-0.2, 0) is 11.2 Å². The van der Waals surface area contributed by atoms with E-state index in [2.05, 4.69) is 18.9 Å². The molecule has 0 aliphatic rings. The maximum absolute atomic E-state index is 11.4. The van der Waals surface area contributed by atoms with Gasteiger partial charge in [-0.05, 0) is 33.3 Å². The molecule has 16 heavy (non-hydrogen) atoms. The van der Waals surface area contributed by atoms with Gasteiger partial charge in [-0.2, -0.15) is 5.10 Å². The Hall–Kier alpha value is -0.830. The first-order valence-corrected chi connectivity index (χ1v) is 6.18. The molecule has 0 aromatic carbocycles. The smallest absolute Gasteiger partial charge is 0.133 e. The Morgan fingerprint density at radius 1 is 1.56 bits per heavy atom. The Bertz CT molecular complexity index is 347. The second-order valence-electron chi connectivity index (χ2n) is 4.37. The third-order valence-electron chi connectivity index (χ3n) is 2.68. The number of hydrogen-bond acceptors (Lipinski definition) is 2. The van der Waals surface area contributed by atoms with Crippen LogP contribution in [0.1, 0.15) is 38.9 Å². The van der Waals surface area contributed by atoms with Gasteiger partial charge in [0.2, 0.25) is 0 Å². The van der Waals surface area contributed by atoms with Crippen LogP contribution in [-0.4, -0.2) is 21.4 Å². The summed E-state index contributed by atoms with van der Waals surface area (Å²) in [7, 11) is 0. The van der Waals surface area contributed by atoms with Crippen LogP contribution in [0.3, 0.4) is 0 Å². The quantitative estimate of drug-likeness (QED) is 0.719. The van der Waals surface area contributed by atoms with Crippen molar-refractivity contribution in [2.45, 2.75) is 39.7 Å². The van der Waals surface area contributed by atoms with Crippen molar-refractivity contribution in [3.8, 4) is 0 Å². The summed E-state index contributed by atoms with van der Waals surface area (Å²) >= 11 is 5.68. The van der Waals surface area contributed by atoms with Crippen molar-refractivity contribution in [2.24, 2.45) is 5.92 Å². The second kappa shape index (κ2) is 6.04. The SMILES string of the molecule is CC(=O)C(CCCl)Cc1ccn(C(C)C)n1. The number of aromatic nitrogens is 2. The molecule has 1 rings (SSSR count). The van der Waals surface area contributed by atoms with Crippen LogP contribution in [0.2, 0.25) is 0 Å². The highest BCUT2D eigenvalue weighted by Crippen LogP contribution is 2.14. The average Bonchev–Trinajstić information content (AvgIpc) is 2.65. The fourth-order valence-corrected chi connectivity index (χ4v) is 1.87. The summed E-state index contributed by atoms with van der Waals surface area (Å²) in [4.78, 5) is 11.4. The van der Waals surface area contributed by atoms with Crippen LogP contribution < -0.4 is 0 Å². The Labute approximate surface area is 102 Å². The molecule has 0 N–H and O–H groups in total. The van der Waals surface area contributed by atoms with Crippen LogP contribution in [0.4, 0.5) is 0 Å². The minimum absolute atomic E-state index is 0.00742. The molecule has 0 aliphatic carbocycles. The summed E-state index contributed by atoms with van der Waals surface area (Å²) in [6.07, 6.45) is 3.38. The molecule has 1 heterocycles. The summed E-state index contributed by atoms with van der Waals surface area (Å²) in [5.41, 5.74) is 0.971. The number of ketones is 1. The lowest BCUT2D eigenvalue weighted by molar-refractivity contribution is -0.120. The fourth-order valence-electron chi connectivity index (χ4n) is 1.61. The van der Waals surface area contributed by atoms with Crippen molar-refractivity contribution in [1.29, 1.82) is 0 Å². The molecule has 1 aromatic rings. The second-order valence-corrected chi connectivity index (χ2v) is 4.75. The van der Waals surface area contributed by atoms with Crippen LogP contribution >= 0.6 is 11.6 Å². The normalized spacial score (nSPS) is 13.1. The van der Waals surface area contributed by atoms with Gasteiger partial charge < -0.3 is 0 Å². The molecule has 1 atom stereocenters. The molecule has 90 valence electrons. The molecule has 0 fully saturated rings. The lowest BCUT2D eigenvalue weighted by Crippen LogP contribution is -2.15. The molecule has 4 heteroatoms. The topological polar surface area (TPSA) is 34.9 Å². The van der Waals surface area contributed by atoms with Crippen LogP contribution in [0.15, 0.2) is 12.3 Å². The molecule has 1 aromatic heterocycles. The number of carbonyl (C=O) groups excluding carboxylic acids is 1. The zero-order valence-corrected chi connectivity index (χ0v) is 10.9. The summed E-state index contributed by atoms with van der Waals surface area (Å²) in [6.45, 7) is 5.78. The van der Waals surface area contributed by atoms with E-state index < -0.39 is 0 Å². The number of Topliss-reactive ketones (excluding diaryl/α,β-unsaturated/α-hetero) is 1. The number of nitrogens with zero attached hydrogens (tertiary/aromatic N) is 2. The van der Waals surface area contributed by atoms with Crippen molar-refractivity contribution in [3.63, 3.8) is 0 Å². The predicted molar refractivity (Wildman–Crippen MR) is 65.8 cm³/mol. The Balaban J connectivity index is 2.66. The average molecular weight is 243 g/mol. The van der Waals surface area contributed by atoms with E-state index in [4.69, 9.17) is 11.6 Å². The van der Waals surface area contributed by atoms with Gasteiger partial charge in [0.25, 0.3) is 0 Å². The standard InChI is InChI=1S/C12H19ClN2O/c1-9(2)15-7-5-12(14-15)8-11(4-6-13)10(3)16/h5,7,9,11H,4,6,8H2,1-3H3. The highest BCUT2D eigenvalue weighted by atomic mass is 35.5. The van der Waals surface area contributed by atoms with E-state index in [1.54, 1.807) is 6.92 Å². The summed E-state index contributed by atoms with van der Waals surface area (Å²) in [5.74, 6) is 0.725. The molecule has 0 spiro atoms. The van der Waals surface area contributed by atoms with Gasteiger partial charge >= 0.3 is 0 Å². The number of halogens is 1. The molecule has 0 saturated heterocycles. The molecule has 0 amide bonds. The minimum Gasteiger partial charge on any atom is -0.300 e. The Kier molecular flexibility index (Phi) is 5.00. The zero-order valence-electron chi connectivity index (χ0n) is 10.1. The first-order chi connectivity index (χ1) is 7.54. The van der Waals surface area contributed by atoms with Crippen LogP contribution in [0.25, 0.3) is 0 Å². The van der Waals surface area contributed by atoms with Crippen molar-refractivity contribution in [3.05, 3.63) is 18.0 Å². The molecular formula is C12H19ClN2O. The van der Waals surface area contributed by atoms with E-state index in [0.29, 0.717) is 18.3 Å². The maximum Gasteiger partial charge on any atom is 0.133 e. The van der Waals surface area contributed by atoms with E-state index in [-0.39, 0.29) is 11.7 Å². The molecular weight excluding hydrogens is 224 g/mol. The maximum atomic E-state index is 11.4. The van der Waals surface area contributed by atoms with Crippen molar-refractivity contribution in [1.82, 2.24) is 9.78 Å². The first kappa shape index (κ1) is 13.2. The molecule has 0 aliphatic heterocycles. The fraction of sp³-hybridized carbons (Fsp3) is 0.667. The van der Waals surface area contributed by atoms with E-state index in [1.165, 1.54) is 0 Å². The van der Waals surface area contributed by atoms with E-state index in [9.17, 15) is 4.79 Å². The third-order valence-corrected chi connectivity index (χ3v) is 2.90. The van der Waals surface area contributed by atoms with E-state index in [0.717, 1.165) is 12.1 Å². The summed E-state index contributed by atoms with van der Waals surface area (Å²) in [6, 6.07) is 2.34. The number of hydrogen-bond donors (Lipinski definition) is 0. The lowest BCUT2D eigenvalue weighted by atomic mass is 9.96. The highest BCUT2D eigenvalue weighted by molar-refractivity contribution is 6.18. The summed E-state index contributed by atoms with van der Waals surface area (Å²) < 4.78 is 1.91. The van der Waals surface area contributed by atoms with Gasteiger partial charge in [0.05, 0.1) is 5.69 Å².